The van der Waals surface area contributed by atoms with Crippen LogP contribution in [0, 0.1) is 10.1 Å². The van der Waals surface area contributed by atoms with Crippen LogP contribution in [0.3, 0.4) is 0 Å². The smallest absolute Gasteiger partial charge is 0.263 e. The zero-order valence-corrected chi connectivity index (χ0v) is 13.0. The Kier molecular flexibility index (Phi) is 5.02. The highest BCUT2D eigenvalue weighted by Gasteiger charge is 2.11. The Bertz CT molecular complexity index is 777. The minimum atomic E-state index is -0.780. The Labute approximate surface area is 136 Å². The van der Waals surface area contributed by atoms with Gasteiger partial charge in [-0.1, -0.05) is 11.6 Å². The van der Waals surface area contributed by atoms with Gasteiger partial charge in [-0.15, -0.1) is 0 Å². The van der Waals surface area contributed by atoms with Gasteiger partial charge in [0.05, 0.1) is 19.1 Å². The number of halogens is 1. The first-order valence-electron chi connectivity index (χ1n) is 6.37. The standard InChI is InChI=1S/C15H13ClN2O5/c1-22-11-3-4-14(23-2)12(7-11)17-8-9-5-10(16)6-13(15(9)19)18(20)21/h3-8,19H,1-2H3/p-1. The van der Waals surface area contributed by atoms with Gasteiger partial charge in [-0.05, 0) is 29.5 Å². The number of aliphatic imine (C=N–C) groups is 1. The lowest BCUT2D eigenvalue weighted by Gasteiger charge is -2.11. The molecule has 0 amide bonds. The van der Waals surface area contributed by atoms with Crippen molar-refractivity contribution in [2.75, 3.05) is 14.2 Å². The summed E-state index contributed by atoms with van der Waals surface area (Å²) in [5.41, 5.74) is -0.181. The fraction of sp³-hybridized carbons (Fsp3) is 0.133. The Hall–Kier alpha value is -2.80. The maximum Gasteiger partial charge on any atom is 0.263 e. The van der Waals surface area contributed by atoms with Crippen LogP contribution in [0.2, 0.25) is 5.02 Å². The van der Waals surface area contributed by atoms with E-state index >= 15 is 0 Å². The molecule has 0 atom stereocenters. The van der Waals surface area contributed by atoms with Crippen LogP contribution in [0.4, 0.5) is 11.4 Å². The average Bonchev–Trinajstić information content (AvgIpc) is 2.54. The summed E-state index contributed by atoms with van der Waals surface area (Å²) >= 11 is 5.80. The first-order chi connectivity index (χ1) is 11.0. The van der Waals surface area contributed by atoms with Crippen molar-refractivity contribution in [2.24, 2.45) is 4.99 Å². The number of hydrogen-bond acceptors (Lipinski definition) is 6. The van der Waals surface area contributed by atoms with Gasteiger partial charge in [0.25, 0.3) is 5.69 Å². The lowest BCUT2D eigenvalue weighted by molar-refractivity contribution is -0.398. The molecule has 7 nitrogen and oxygen atoms in total. The molecular weight excluding hydrogens is 324 g/mol. The quantitative estimate of drug-likeness (QED) is 0.475. The minimum absolute atomic E-state index is 0.00840. The number of benzene rings is 2. The molecule has 8 heteroatoms. The van der Waals surface area contributed by atoms with Crippen molar-refractivity contribution in [3.05, 3.63) is 51.0 Å². The Morgan fingerprint density at radius 1 is 1.22 bits per heavy atom. The first kappa shape index (κ1) is 16.6. The maximum absolute atomic E-state index is 12.0. The molecule has 0 saturated carbocycles. The molecule has 2 aromatic rings. The second-order valence-electron chi connectivity index (χ2n) is 4.40. The second kappa shape index (κ2) is 6.97. The van der Waals surface area contributed by atoms with Crippen molar-refractivity contribution in [3.8, 4) is 17.2 Å². The molecule has 0 bridgehead atoms. The topological polar surface area (TPSA) is 97.0 Å². The summed E-state index contributed by atoms with van der Waals surface area (Å²) in [6.07, 6.45) is 1.21. The number of rotatable bonds is 5. The third-order valence-electron chi connectivity index (χ3n) is 2.99. The van der Waals surface area contributed by atoms with Crippen LogP contribution in [-0.4, -0.2) is 25.4 Å². The van der Waals surface area contributed by atoms with Gasteiger partial charge in [0, 0.05) is 23.4 Å². The van der Waals surface area contributed by atoms with E-state index in [4.69, 9.17) is 21.1 Å². The van der Waals surface area contributed by atoms with Crippen LogP contribution in [0.25, 0.3) is 0 Å². The summed E-state index contributed by atoms with van der Waals surface area (Å²) in [5.74, 6) is 0.258. The third kappa shape index (κ3) is 3.70. The maximum atomic E-state index is 12.0. The SMILES string of the molecule is COc1ccc(OC)c(N=Cc2cc(Cl)cc([N+](=O)[O-])c2[O-])c1. The fourth-order valence-electron chi connectivity index (χ4n) is 1.87. The molecule has 0 saturated heterocycles. The van der Waals surface area contributed by atoms with Gasteiger partial charge in [0.1, 0.15) is 17.2 Å². The summed E-state index contributed by atoms with van der Waals surface area (Å²) in [4.78, 5) is 14.2. The Morgan fingerprint density at radius 3 is 2.57 bits per heavy atom. The van der Waals surface area contributed by atoms with Crippen molar-refractivity contribution >= 4 is 29.2 Å². The molecule has 120 valence electrons. The van der Waals surface area contributed by atoms with Gasteiger partial charge in [-0.2, -0.15) is 0 Å². The summed E-state index contributed by atoms with van der Waals surface area (Å²) in [7, 11) is 2.98. The van der Waals surface area contributed by atoms with Crippen molar-refractivity contribution < 1.29 is 19.5 Å². The number of nitro benzene ring substituents is 1. The predicted molar refractivity (Wildman–Crippen MR) is 84.4 cm³/mol. The van der Waals surface area contributed by atoms with Gasteiger partial charge < -0.3 is 14.6 Å². The van der Waals surface area contributed by atoms with Crippen LogP contribution in [0.1, 0.15) is 5.56 Å². The third-order valence-corrected chi connectivity index (χ3v) is 3.21. The number of hydrogen-bond donors (Lipinski definition) is 0. The van der Waals surface area contributed by atoms with E-state index < -0.39 is 16.4 Å². The molecule has 0 aliphatic rings. The second-order valence-corrected chi connectivity index (χ2v) is 4.83. The normalized spacial score (nSPS) is 10.7. The van der Waals surface area contributed by atoms with E-state index in [1.807, 2.05) is 0 Å². The molecule has 0 aliphatic heterocycles. The van der Waals surface area contributed by atoms with E-state index in [2.05, 4.69) is 4.99 Å². The van der Waals surface area contributed by atoms with E-state index in [0.717, 1.165) is 6.07 Å². The van der Waals surface area contributed by atoms with Crippen molar-refractivity contribution in [3.63, 3.8) is 0 Å². The lowest BCUT2D eigenvalue weighted by atomic mass is 10.2. The summed E-state index contributed by atoms with van der Waals surface area (Å²) < 4.78 is 10.3. The molecule has 2 rings (SSSR count). The molecule has 0 spiro atoms. The predicted octanol–water partition coefficient (Wildman–Crippen LogP) is 3.09. The zero-order chi connectivity index (χ0) is 17.0. The van der Waals surface area contributed by atoms with E-state index in [0.29, 0.717) is 17.2 Å². The van der Waals surface area contributed by atoms with Gasteiger partial charge in [-0.25, -0.2) is 0 Å². The highest BCUT2D eigenvalue weighted by Crippen LogP contribution is 2.33. The summed E-state index contributed by atoms with van der Waals surface area (Å²) in [6.45, 7) is 0. The molecular formula is C15H12ClN2O5-. The molecule has 0 unspecified atom stereocenters. The van der Waals surface area contributed by atoms with Crippen molar-refractivity contribution in [2.45, 2.75) is 0 Å². The van der Waals surface area contributed by atoms with Crippen LogP contribution in [0.15, 0.2) is 35.3 Å². The first-order valence-corrected chi connectivity index (χ1v) is 6.75. The van der Waals surface area contributed by atoms with Gasteiger partial charge in [-0.3, -0.25) is 15.1 Å². The molecule has 0 radical (unpaired) electrons. The van der Waals surface area contributed by atoms with Crippen LogP contribution < -0.4 is 14.6 Å². The monoisotopic (exact) mass is 335 g/mol. The van der Waals surface area contributed by atoms with Crippen molar-refractivity contribution in [1.82, 2.24) is 0 Å². The van der Waals surface area contributed by atoms with Crippen molar-refractivity contribution in [1.29, 1.82) is 0 Å². The van der Waals surface area contributed by atoms with E-state index in [1.165, 1.54) is 26.5 Å². The number of nitrogens with zero attached hydrogens (tertiary/aromatic N) is 2. The Morgan fingerprint density at radius 2 is 1.96 bits per heavy atom. The molecule has 0 N–H and O–H groups in total. The van der Waals surface area contributed by atoms with Crippen LogP contribution in [-0.2, 0) is 0 Å². The number of methoxy groups -OCH3 is 2. The number of ether oxygens (including phenoxy) is 2. The average molecular weight is 336 g/mol. The molecule has 0 heterocycles. The molecule has 23 heavy (non-hydrogen) atoms. The van der Waals surface area contributed by atoms with E-state index in [1.54, 1.807) is 18.2 Å². The van der Waals surface area contributed by atoms with Gasteiger partial charge >= 0.3 is 0 Å². The fourth-order valence-corrected chi connectivity index (χ4v) is 2.09. The van der Waals surface area contributed by atoms with Gasteiger partial charge in [0.15, 0.2) is 0 Å². The highest BCUT2D eigenvalue weighted by atomic mass is 35.5. The molecule has 0 aliphatic carbocycles. The zero-order valence-electron chi connectivity index (χ0n) is 12.3. The van der Waals surface area contributed by atoms with E-state index in [-0.39, 0.29) is 10.6 Å². The minimum Gasteiger partial charge on any atom is -0.867 e. The highest BCUT2D eigenvalue weighted by molar-refractivity contribution is 6.31. The summed E-state index contributed by atoms with van der Waals surface area (Å²) in [5, 5.41) is 22.9. The van der Waals surface area contributed by atoms with Crippen LogP contribution >= 0.6 is 11.6 Å². The lowest BCUT2D eigenvalue weighted by Crippen LogP contribution is -2.02. The van der Waals surface area contributed by atoms with E-state index in [9.17, 15) is 15.2 Å². The summed E-state index contributed by atoms with van der Waals surface area (Å²) in [6, 6.07) is 7.28. The molecule has 0 fully saturated rings. The number of nitro groups is 1. The molecule has 0 aromatic heterocycles. The van der Waals surface area contributed by atoms with Gasteiger partial charge in [0.2, 0.25) is 0 Å². The van der Waals surface area contributed by atoms with Crippen LogP contribution in [0.5, 0.6) is 17.2 Å². The largest absolute Gasteiger partial charge is 0.867 e. The Balaban J connectivity index is 2.47. The molecule has 2 aromatic carbocycles.